The van der Waals surface area contributed by atoms with E-state index in [1.807, 2.05) is 0 Å². The van der Waals surface area contributed by atoms with Gasteiger partial charge in [-0.05, 0) is 12.3 Å². The highest BCUT2D eigenvalue weighted by Gasteiger charge is 2.22. The second kappa shape index (κ2) is 7.65. The molecule has 0 aromatic carbocycles. The molecule has 126 valence electrons. The van der Waals surface area contributed by atoms with E-state index in [9.17, 15) is 9.59 Å². The van der Waals surface area contributed by atoms with Gasteiger partial charge in [0.05, 0.1) is 10.7 Å². The number of rotatable bonds is 5. The van der Waals surface area contributed by atoms with Crippen LogP contribution >= 0.6 is 35.0 Å². The maximum Gasteiger partial charge on any atom is 0.309 e. The third-order valence-electron chi connectivity index (χ3n) is 2.58. The number of halogens is 2. The molecule has 0 bridgehead atoms. The predicted octanol–water partition coefficient (Wildman–Crippen LogP) is 2.67. The Kier molecular flexibility index (Phi) is 5.81. The standard InChI is InChI=1S/C13H11Cl2N5O3S/c1-5(21)23-12-8(10(16)22)11(19-13(20-12)24-2)18-7-3-6(14)4-17-9(7)15/h3-4H,1-2H3,(H2,16,22)(H,18,19,20). The minimum absolute atomic E-state index is 0.0177. The van der Waals surface area contributed by atoms with Crippen molar-refractivity contribution in [3.63, 3.8) is 0 Å². The van der Waals surface area contributed by atoms with Gasteiger partial charge in [-0.2, -0.15) is 4.98 Å². The number of nitrogens with one attached hydrogen (secondary N) is 1. The summed E-state index contributed by atoms with van der Waals surface area (Å²) in [6, 6.07) is 1.49. The van der Waals surface area contributed by atoms with E-state index in [1.165, 1.54) is 30.9 Å². The number of nitrogens with two attached hydrogens (primary N) is 1. The van der Waals surface area contributed by atoms with E-state index in [2.05, 4.69) is 20.3 Å². The molecule has 11 heteroatoms. The molecule has 0 atom stereocenters. The Hall–Kier alpha value is -2.10. The first-order chi connectivity index (χ1) is 11.3. The molecular weight excluding hydrogens is 377 g/mol. The smallest absolute Gasteiger partial charge is 0.309 e. The van der Waals surface area contributed by atoms with Gasteiger partial charge in [0, 0.05) is 13.1 Å². The van der Waals surface area contributed by atoms with Gasteiger partial charge in [-0.1, -0.05) is 35.0 Å². The van der Waals surface area contributed by atoms with Gasteiger partial charge < -0.3 is 15.8 Å². The molecule has 0 fully saturated rings. The van der Waals surface area contributed by atoms with Gasteiger partial charge in [0.15, 0.2) is 16.1 Å². The highest BCUT2D eigenvalue weighted by molar-refractivity contribution is 7.98. The predicted molar refractivity (Wildman–Crippen MR) is 91.2 cm³/mol. The van der Waals surface area contributed by atoms with Gasteiger partial charge in [-0.15, -0.1) is 0 Å². The first kappa shape index (κ1) is 18.2. The zero-order valence-electron chi connectivity index (χ0n) is 12.5. The lowest BCUT2D eigenvalue weighted by Crippen LogP contribution is -2.19. The molecule has 0 saturated carbocycles. The van der Waals surface area contributed by atoms with Crippen molar-refractivity contribution in [3.8, 4) is 5.88 Å². The molecule has 24 heavy (non-hydrogen) atoms. The van der Waals surface area contributed by atoms with E-state index in [0.29, 0.717) is 10.7 Å². The number of thioether (sulfide) groups is 1. The summed E-state index contributed by atoms with van der Waals surface area (Å²) in [5.74, 6) is -1.77. The topological polar surface area (TPSA) is 120 Å². The van der Waals surface area contributed by atoms with Crippen LogP contribution in [0.5, 0.6) is 5.88 Å². The third kappa shape index (κ3) is 4.25. The summed E-state index contributed by atoms with van der Waals surface area (Å²) in [5.41, 5.74) is 5.47. The number of primary amides is 1. The summed E-state index contributed by atoms with van der Waals surface area (Å²) in [6.07, 6.45) is 3.08. The Morgan fingerprint density at radius 1 is 1.33 bits per heavy atom. The summed E-state index contributed by atoms with van der Waals surface area (Å²) >= 11 is 13.1. The summed E-state index contributed by atoms with van der Waals surface area (Å²) in [4.78, 5) is 35.1. The minimum Gasteiger partial charge on any atom is -0.407 e. The SMILES string of the molecule is CSc1nc(Nc2cc(Cl)cnc2Cl)c(C(N)=O)c(OC(C)=O)n1. The maximum atomic E-state index is 11.8. The third-order valence-corrected chi connectivity index (χ3v) is 3.64. The van der Waals surface area contributed by atoms with Crippen LogP contribution in [0.15, 0.2) is 17.4 Å². The Balaban J connectivity index is 2.60. The minimum atomic E-state index is -0.882. The second-order valence-corrected chi connectivity index (χ2v) is 5.88. The Labute approximate surface area is 151 Å². The highest BCUT2D eigenvalue weighted by Crippen LogP contribution is 2.31. The number of ether oxygens (including phenoxy) is 1. The molecule has 0 unspecified atom stereocenters. The molecule has 2 aromatic heterocycles. The van der Waals surface area contributed by atoms with Crippen molar-refractivity contribution in [2.75, 3.05) is 11.6 Å². The van der Waals surface area contributed by atoms with Crippen molar-refractivity contribution >= 4 is 58.3 Å². The van der Waals surface area contributed by atoms with Crippen LogP contribution < -0.4 is 15.8 Å². The monoisotopic (exact) mass is 387 g/mol. The Morgan fingerprint density at radius 3 is 2.62 bits per heavy atom. The number of pyridine rings is 1. The van der Waals surface area contributed by atoms with Gasteiger partial charge >= 0.3 is 5.97 Å². The first-order valence-corrected chi connectivity index (χ1v) is 8.32. The molecule has 1 amide bonds. The number of anilines is 2. The number of hydrogen-bond acceptors (Lipinski definition) is 8. The molecule has 0 radical (unpaired) electrons. The van der Waals surface area contributed by atoms with Gasteiger partial charge in [-0.25, -0.2) is 9.97 Å². The normalized spacial score (nSPS) is 10.3. The summed E-state index contributed by atoms with van der Waals surface area (Å²) in [5, 5.41) is 3.50. The average molecular weight is 388 g/mol. The van der Waals surface area contributed by atoms with Crippen LogP contribution in [0, 0.1) is 0 Å². The van der Waals surface area contributed by atoms with Crippen LogP contribution in [0.25, 0.3) is 0 Å². The van der Waals surface area contributed by atoms with Crippen LogP contribution in [0.3, 0.4) is 0 Å². The molecule has 0 spiro atoms. The van der Waals surface area contributed by atoms with Crippen molar-refractivity contribution in [3.05, 3.63) is 28.0 Å². The molecule has 0 aliphatic heterocycles. The molecule has 8 nitrogen and oxygen atoms in total. The van der Waals surface area contributed by atoms with E-state index >= 15 is 0 Å². The van der Waals surface area contributed by atoms with Crippen molar-refractivity contribution in [2.45, 2.75) is 12.1 Å². The molecule has 0 aliphatic carbocycles. The summed E-state index contributed by atoms with van der Waals surface area (Å²) < 4.78 is 4.96. The van der Waals surface area contributed by atoms with E-state index in [0.717, 1.165) is 0 Å². The average Bonchev–Trinajstić information content (AvgIpc) is 2.49. The lowest BCUT2D eigenvalue weighted by atomic mass is 10.2. The van der Waals surface area contributed by atoms with Crippen molar-refractivity contribution in [1.82, 2.24) is 15.0 Å². The van der Waals surface area contributed by atoms with Gasteiger partial charge in [0.2, 0.25) is 5.88 Å². The zero-order valence-corrected chi connectivity index (χ0v) is 14.8. The van der Waals surface area contributed by atoms with Crippen LogP contribution in [0.2, 0.25) is 10.2 Å². The number of aromatic nitrogens is 3. The lowest BCUT2D eigenvalue weighted by Gasteiger charge is -2.14. The largest absolute Gasteiger partial charge is 0.407 e. The second-order valence-electron chi connectivity index (χ2n) is 4.31. The van der Waals surface area contributed by atoms with Crippen LogP contribution in [-0.2, 0) is 4.79 Å². The molecule has 0 saturated heterocycles. The molecule has 0 aliphatic rings. The molecule has 2 rings (SSSR count). The highest BCUT2D eigenvalue weighted by atomic mass is 35.5. The van der Waals surface area contributed by atoms with Gasteiger partial charge in [0.25, 0.3) is 5.91 Å². The number of nitrogens with zero attached hydrogens (tertiary/aromatic N) is 3. The van der Waals surface area contributed by atoms with Crippen LogP contribution in [-0.4, -0.2) is 33.1 Å². The maximum absolute atomic E-state index is 11.8. The number of carbonyl (C=O) groups excluding carboxylic acids is 2. The first-order valence-electron chi connectivity index (χ1n) is 6.34. The van der Waals surface area contributed by atoms with Crippen molar-refractivity contribution in [2.24, 2.45) is 5.73 Å². The van der Waals surface area contributed by atoms with E-state index in [4.69, 9.17) is 33.7 Å². The number of esters is 1. The van der Waals surface area contributed by atoms with Gasteiger partial charge in [-0.3, -0.25) is 9.59 Å². The summed E-state index contributed by atoms with van der Waals surface area (Å²) in [6.45, 7) is 1.18. The fourth-order valence-electron chi connectivity index (χ4n) is 1.67. The zero-order chi connectivity index (χ0) is 17.9. The number of amides is 1. The molecule has 2 aromatic rings. The quantitative estimate of drug-likeness (QED) is 0.347. The number of hydrogen-bond donors (Lipinski definition) is 2. The van der Waals surface area contributed by atoms with Crippen LogP contribution in [0.1, 0.15) is 17.3 Å². The van der Waals surface area contributed by atoms with Gasteiger partial charge in [0.1, 0.15) is 5.56 Å². The van der Waals surface area contributed by atoms with E-state index in [1.54, 1.807) is 6.26 Å². The Morgan fingerprint density at radius 2 is 2.04 bits per heavy atom. The fourth-order valence-corrected chi connectivity index (χ4v) is 2.34. The molecular formula is C13H11Cl2N5O3S. The van der Waals surface area contributed by atoms with E-state index in [-0.39, 0.29) is 27.6 Å². The molecule has 2 heterocycles. The summed E-state index contributed by atoms with van der Waals surface area (Å²) in [7, 11) is 0. The van der Waals surface area contributed by atoms with Crippen LogP contribution in [0.4, 0.5) is 11.5 Å². The van der Waals surface area contributed by atoms with Crippen molar-refractivity contribution < 1.29 is 14.3 Å². The molecule has 3 N–H and O–H groups in total. The lowest BCUT2D eigenvalue weighted by molar-refractivity contribution is -0.132. The Bertz CT molecular complexity index is 818. The fraction of sp³-hybridized carbons (Fsp3) is 0.154. The van der Waals surface area contributed by atoms with Crippen molar-refractivity contribution in [1.29, 1.82) is 0 Å². The van der Waals surface area contributed by atoms with E-state index < -0.39 is 11.9 Å². The number of carbonyl (C=O) groups is 2.